The second-order valence-electron chi connectivity index (χ2n) is 13.5. The topological polar surface area (TPSA) is 94.0 Å². The minimum atomic E-state index is -0.375. The quantitative estimate of drug-likeness (QED) is 0.0440. The lowest BCUT2D eigenvalue weighted by Crippen LogP contribution is -2.46. The third kappa shape index (κ3) is 11.0. The molecule has 2 N–H and O–H groups in total. The molecule has 54 heavy (non-hydrogen) atoms. The Morgan fingerprint density at radius 2 is 1.57 bits per heavy atom. The van der Waals surface area contributed by atoms with Crippen molar-refractivity contribution in [2.24, 2.45) is 0 Å². The van der Waals surface area contributed by atoms with E-state index in [1.807, 2.05) is 68.7 Å². The summed E-state index contributed by atoms with van der Waals surface area (Å²) in [5, 5.41) is 16.3. The molecule has 1 amide bonds. The van der Waals surface area contributed by atoms with E-state index in [1.165, 1.54) is 17.2 Å². The number of carbonyl (C=O) groups is 1. The van der Waals surface area contributed by atoms with E-state index < -0.39 is 0 Å². The molecule has 0 unspecified atom stereocenters. The smallest absolute Gasteiger partial charge is 0.293 e. The average molecular weight is 781 g/mol. The Morgan fingerprint density at radius 3 is 2.28 bits per heavy atom. The van der Waals surface area contributed by atoms with Gasteiger partial charge in [-0.3, -0.25) is 24.5 Å². The third-order valence-electron chi connectivity index (χ3n) is 9.34. The van der Waals surface area contributed by atoms with Gasteiger partial charge in [0.15, 0.2) is 0 Å². The van der Waals surface area contributed by atoms with Crippen molar-refractivity contribution in [2.75, 3.05) is 62.8 Å². The van der Waals surface area contributed by atoms with E-state index in [2.05, 4.69) is 73.3 Å². The van der Waals surface area contributed by atoms with Gasteiger partial charge in [-0.25, -0.2) is 0 Å². The van der Waals surface area contributed by atoms with Crippen LogP contribution in [0.3, 0.4) is 0 Å². The highest BCUT2D eigenvalue weighted by molar-refractivity contribution is 7.99. The molecule has 1 heterocycles. The summed E-state index contributed by atoms with van der Waals surface area (Å²) in [6.07, 6.45) is 0.826. The van der Waals surface area contributed by atoms with Crippen LogP contribution in [0.4, 0.5) is 17.1 Å². The van der Waals surface area contributed by atoms with Crippen LogP contribution in [-0.4, -0.2) is 79.2 Å². The van der Waals surface area contributed by atoms with Crippen LogP contribution in [0.25, 0.3) is 11.1 Å². The molecule has 12 heteroatoms. The predicted molar refractivity (Wildman–Crippen MR) is 225 cm³/mol. The van der Waals surface area contributed by atoms with Crippen LogP contribution in [-0.2, 0) is 6.54 Å². The number of carbonyl (C=O) groups excluding carboxylic acids is 1. The second kappa shape index (κ2) is 19.2. The van der Waals surface area contributed by atoms with Crippen molar-refractivity contribution in [3.05, 3.63) is 148 Å². The molecule has 1 fully saturated rings. The normalized spacial score (nSPS) is 13.8. The monoisotopic (exact) mass is 780 g/mol. The fraction of sp³-hybridized carbons (Fsp3) is 0.262. The number of nitrogens with one attached hydrogen (secondary N) is 2. The summed E-state index contributed by atoms with van der Waals surface area (Å²) in [7, 11) is 4.04. The highest BCUT2D eigenvalue weighted by Crippen LogP contribution is 2.32. The first-order valence-electron chi connectivity index (χ1n) is 18.0. The van der Waals surface area contributed by atoms with Gasteiger partial charge in [0.2, 0.25) is 0 Å². The Balaban J connectivity index is 1.01. The zero-order valence-electron chi connectivity index (χ0n) is 30.5. The fourth-order valence-corrected chi connectivity index (χ4v) is 8.11. The molecule has 0 radical (unpaired) electrons. The van der Waals surface area contributed by atoms with E-state index >= 15 is 0 Å². The van der Waals surface area contributed by atoms with Crippen molar-refractivity contribution in [1.29, 1.82) is 0 Å². The zero-order chi connectivity index (χ0) is 37.9. The van der Waals surface area contributed by atoms with Crippen molar-refractivity contribution in [2.45, 2.75) is 28.8 Å². The van der Waals surface area contributed by atoms with Gasteiger partial charge in [-0.05, 0) is 116 Å². The molecule has 0 bridgehead atoms. The van der Waals surface area contributed by atoms with Gasteiger partial charge in [-0.2, -0.15) is 0 Å². The average Bonchev–Trinajstić information content (AvgIpc) is 3.19. The molecule has 5 aromatic rings. The number of nitrogens with zero attached hydrogens (tertiary/aromatic N) is 4. The number of thioether (sulfide) groups is 1. The Bertz CT molecular complexity index is 1990. The number of benzene rings is 5. The first kappa shape index (κ1) is 39.2. The van der Waals surface area contributed by atoms with Crippen LogP contribution in [0, 0.1) is 10.1 Å². The molecule has 9 nitrogen and oxygen atoms in total. The van der Waals surface area contributed by atoms with Crippen molar-refractivity contribution >= 4 is 58.3 Å². The highest BCUT2D eigenvalue weighted by atomic mass is 35.5. The molecule has 0 spiro atoms. The molecular formula is C42H45ClN6O3S2. The Kier molecular flexibility index (Phi) is 13.9. The number of rotatable bonds is 16. The number of hydrogen-bond donors (Lipinski definition) is 2. The SMILES string of the molecule is CN(C)CC[C@H](CSc1ccccc1)Nc1ccc(SNC(=O)c2ccc(N3CCN(Cc4ccccc4-c4ccc(Cl)cc4)CC3)cc2)cc1[N+](=O)[O-]. The first-order valence-corrected chi connectivity index (χ1v) is 20.2. The van der Waals surface area contributed by atoms with E-state index in [-0.39, 0.29) is 22.6 Å². The van der Waals surface area contributed by atoms with Crippen molar-refractivity contribution < 1.29 is 9.72 Å². The summed E-state index contributed by atoms with van der Waals surface area (Å²) < 4.78 is 2.86. The van der Waals surface area contributed by atoms with E-state index in [0.29, 0.717) is 16.1 Å². The second-order valence-corrected chi connectivity index (χ2v) is 15.9. The van der Waals surface area contributed by atoms with Crippen LogP contribution in [0.5, 0.6) is 0 Å². The largest absolute Gasteiger partial charge is 0.376 e. The summed E-state index contributed by atoms with van der Waals surface area (Å²) in [6.45, 7) is 5.35. The number of piperazine rings is 1. The number of hydrogen-bond acceptors (Lipinski definition) is 9. The maximum atomic E-state index is 13.1. The molecule has 6 rings (SSSR count). The van der Waals surface area contributed by atoms with Crippen LogP contribution in [0.1, 0.15) is 22.3 Å². The van der Waals surface area contributed by atoms with Crippen molar-refractivity contribution in [1.82, 2.24) is 14.5 Å². The summed E-state index contributed by atoms with van der Waals surface area (Å²) in [4.78, 5) is 33.5. The lowest BCUT2D eigenvalue weighted by atomic mass is 9.99. The Morgan fingerprint density at radius 1 is 0.870 bits per heavy atom. The minimum Gasteiger partial charge on any atom is -0.376 e. The van der Waals surface area contributed by atoms with E-state index in [1.54, 1.807) is 23.9 Å². The molecule has 1 atom stereocenters. The van der Waals surface area contributed by atoms with Gasteiger partial charge < -0.3 is 15.1 Å². The number of anilines is 2. The van der Waals surface area contributed by atoms with Gasteiger partial charge in [0.25, 0.3) is 11.6 Å². The van der Waals surface area contributed by atoms with Crippen LogP contribution in [0.15, 0.2) is 131 Å². The number of nitro groups is 1. The number of halogens is 1. The molecule has 1 aliphatic rings. The summed E-state index contributed by atoms with van der Waals surface area (Å²) >= 11 is 8.92. The summed E-state index contributed by atoms with van der Waals surface area (Å²) in [6, 6.07) is 39.4. The van der Waals surface area contributed by atoms with Gasteiger partial charge in [-0.15, -0.1) is 11.8 Å². The lowest BCUT2D eigenvalue weighted by molar-refractivity contribution is -0.384. The lowest BCUT2D eigenvalue weighted by Gasteiger charge is -2.36. The van der Waals surface area contributed by atoms with Gasteiger partial charge in [0.1, 0.15) is 5.69 Å². The zero-order valence-corrected chi connectivity index (χ0v) is 32.9. The highest BCUT2D eigenvalue weighted by Gasteiger charge is 2.21. The molecule has 5 aromatic carbocycles. The fourth-order valence-electron chi connectivity index (χ4n) is 6.35. The molecule has 0 saturated carbocycles. The first-order chi connectivity index (χ1) is 26.2. The molecule has 1 aliphatic heterocycles. The summed E-state index contributed by atoms with van der Waals surface area (Å²) in [5.74, 6) is 0.500. The van der Waals surface area contributed by atoms with Crippen LogP contribution in [0.2, 0.25) is 5.02 Å². The maximum absolute atomic E-state index is 13.1. The Labute approximate surface area is 331 Å². The molecular weight excluding hydrogens is 736 g/mol. The van der Waals surface area contributed by atoms with Gasteiger partial charge in [0, 0.05) is 76.6 Å². The Hall–Kier alpha value is -4.52. The standard InChI is InChI=1S/C42H45ClN6O3S2/c1-46(2)23-22-35(30-53-37-9-4-3-5-10-37)44-40-21-20-38(28-41(40)49(51)52)54-45-42(50)32-14-18-36(19-15-32)48-26-24-47(25-27-48)29-33-8-6-7-11-39(33)31-12-16-34(43)17-13-31/h3-21,28,35,44H,22-27,29-30H2,1-2H3,(H,45,50)/t35-/m1/s1. The summed E-state index contributed by atoms with van der Waals surface area (Å²) in [5.41, 5.74) is 5.72. The molecule has 0 aliphatic carbocycles. The third-order valence-corrected chi connectivity index (χ3v) is 11.5. The molecule has 280 valence electrons. The van der Waals surface area contributed by atoms with E-state index in [4.69, 9.17) is 11.6 Å². The predicted octanol–water partition coefficient (Wildman–Crippen LogP) is 9.20. The van der Waals surface area contributed by atoms with Gasteiger partial charge >= 0.3 is 0 Å². The molecule has 0 aromatic heterocycles. The van der Waals surface area contributed by atoms with Gasteiger partial charge in [-0.1, -0.05) is 66.2 Å². The molecule has 1 saturated heterocycles. The number of amides is 1. The minimum absolute atomic E-state index is 0.0182. The maximum Gasteiger partial charge on any atom is 0.293 e. The number of nitro benzene ring substituents is 1. The van der Waals surface area contributed by atoms with Gasteiger partial charge in [0.05, 0.1) is 4.92 Å². The van der Waals surface area contributed by atoms with E-state index in [9.17, 15) is 14.9 Å². The van der Waals surface area contributed by atoms with Crippen LogP contribution >= 0.6 is 35.3 Å². The van der Waals surface area contributed by atoms with Crippen molar-refractivity contribution in [3.63, 3.8) is 0 Å². The van der Waals surface area contributed by atoms with Crippen LogP contribution < -0.4 is 14.9 Å². The van der Waals surface area contributed by atoms with Crippen molar-refractivity contribution in [3.8, 4) is 11.1 Å². The van der Waals surface area contributed by atoms with E-state index in [0.717, 1.165) is 84.6 Å².